The smallest absolute Gasteiger partial charge is 0.414 e. The Kier molecular flexibility index (Phi) is 13.9. The molecule has 0 spiro atoms. The van der Waals surface area contributed by atoms with E-state index in [0.717, 1.165) is 0 Å². The van der Waals surface area contributed by atoms with Crippen LogP contribution >= 0.6 is 34.8 Å². The van der Waals surface area contributed by atoms with Crippen LogP contribution in [0.5, 0.6) is 0 Å². The lowest BCUT2D eigenvalue weighted by Gasteiger charge is -2.22. The topological polar surface area (TPSA) is 102 Å². The predicted octanol–water partition coefficient (Wildman–Crippen LogP) is 1.53. The lowest BCUT2D eigenvalue weighted by molar-refractivity contribution is -0.159. The molecule has 18 heavy (non-hydrogen) atoms. The molecule has 0 saturated heterocycles. The van der Waals surface area contributed by atoms with Gasteiger partial charge in [0.25, 0.3) is 0 Å². The van der Waals surface area contributed by atoms with Crippen molar-refractivity contribution in [2.24, 2.45) is 0 Å². The Morgan fingerprint density at radius 1 is 0.944 bits per heavy atom. The molecule has 0 bridgehead atoms. The van der Waals surface area contributed by atoms with Crippen LogP contribution in [-0.4, -0.2) is 63.6 Å². The molecule has 0 rings (SSSR count). The largest absolute Gasteiger partial charge is 0.473 e. The average Bonchev–Trinajstić information content (AvgIpc) is 2.29. The standard InChI is InChI=1S/C7H13Cl3N2.C2H2O4/c8-2-1-7(11)12(5-3-9)6-4-10;3-1(4)2(5)6/h11H,1-6H2;(H,3,4)(H,5,6). The van der Waals surface area contributed by atoms with Crippen molar-refractivity contribution < 1.29 is 19.8 Å². The van der Waals surface area contributed by atoms with Crippen molar-refractivity contribution >= 4 is 52.6 Å². The first-order valence-electron chi connectivity index (χ1n) is 4.87. The van der Waals surface area contributed by atoms with E-state index in [4.69, 9.17) is 60.0 Å². The summed E-state index contributed by atoms with van der Waals surface area (Å²) < 4.78 is 0. The Hall–Kier alpha value is -0.720. The molecule has 9 heteroatoms. The maximum absolute atomic E-state index is 9.10. The molecule has 0 aromatic rings. The number of carboxylic acid groups (broad SMARTS) is 2. The van der Waals surface area contributed by atoms with Crippen molar-refractivity contribution in [2.75, 3.05) is 30.7 Å². The van der Waals surface area contributed by atoms with Gasteiger partial charge in [-0.2, -0.15) is 0 Å². The molecule has 0 atom stereocenters. The van der Waals surface area contributed by atoms with Crippen LogP contribution in [0.3, 0.4) is 0 Å². The number of rotatable bonds is 6. The minimum absolute atomic E-state index is 0.472. The molecule has 0 aliphatic carbocycles. The SMILES string of the molecule is N=C(CCCl)N(CCCl)CCCl.O=C(O)C(=O)O. The van der Waals surface area contributed by atoms with Crippen LogP contribution in [0.2, 0.25) is 0 Å². The monoisotopic (exact) mass is 320 g/mol. The van der Waals surface area contributed by atoms with Gasteiger partial charge in [-0.15, -0.1) is 34.8 Å². The zero-order valence-electron chi connectivity index (χ0n) is 9.53. The predicted molar refractivity (Wildman–Crippen MR) is 71.3 cm³/mol. The number of nitrogens with one attached hydrogen (secondary N) is 1. The molecule has 0 unspecified atom stereocenters. The van der Waals surface area contributed by atoms with E-state index in [1.165, 1.54) is 0 Å². The van der Waals surface area contributed by atoms with E-state index in [1.54, 1.807) is 0 Å². The second-order valence-electron chi connectivity index (χ2n) is 2.86. The third-order valence-corrected chi connectivity index (χ3v) is 2.13. The van der Waals surface area contributed by atoms with Gasteiger partial charge in [0.05, 0.1) is 5.84 Å². The van der Waals surface area contributed by atoms with Gasteiger partial charge in [0, 0.05) is 37.2 Å². The molecule has 0 fully saturated rings. The Balaban J connectivity index is 0. The summed E-state index contributed by atoms with van der Waals surface area (Å²) in [5, 5.41) is 22.4. The van der Waals surface area contributed by atoms with Crippen LogP contribution in [0.4, 0.5) is 0 Å². The Bertz CT molecular complexity index is 259. The fourth-order valence-corrected chi connectivity index (χ4v) is 1.42. The second-order valence-corrected chi connectivity index (χ2v) is 3.99. The first-order chi connectivity index (χ1) is 8.40. The lowest BCUT2D eigenvalue weighted by atomic mass is 10.3. The number of aliphatic carboxylic acids is 2. The van der Waals surface area contributed by atoms with Gasteiger partial charge < -0.3 is 15.1 Å². The summed E-state index contributed by atoms with van der Waals surface area (Å²) in [7, 11) is 0. The molecule has 0 amide bonds. The van der Waals surface area contributed by atoms with Crippen molar-refractivity contribution in [3.8, 4) is 0 Å². The van der Waals surface area contributed by atoms with Crippen molar-refractivity contribution in [1.29, 1.82) is 5.41 Å². The van der Waals surface area contributed by atoms with Gasteiger partial charge in [0.15, 0.2) is 0 Å². The fraction of sp³-hybridized carbons (Fsp3) is 0.667. The second kappa shape index (κ2) is 12.7. The molecule has 6 nitrogen and oxygen atoms in total. The zero-order chi connectivity index (χ0) is 14.6. The number of carbonyl (C=O) groups is 2. The highest BCUT2D eigenvalue weighted by molar-refractivity contribution is 6.27. The molecule has 0 saturated carbocycles. The highest BCUT2D eigenvalue weighted by Crippen LogP contribution is 1.98. The maximum atomic E-state index is 9.10. The van der Waals surface area contributed by atoms with Gasteiger partial charge in [-0.1, -0.05) is 0 Å². The van der Waals surface area contributed by atoms with Gasteiger partial charge in [0.2, 0.25) is 0 Å². The Labute approximate surface area is 120 Å². The number of halogens is 3. The van der Waals surface area contributed by atoms with Crippen molar-refractivity contribution in [3.63, 3.8) is 0 Å². The first kappa shape index (κ1) is 19.6. The van der Waals surface area contributed by atoms with E-state index < -0.39 is 11.9 Å². The third kappa shape index (κ3) is 11.8. The molecule has 0 aromatic heterocycles. The summed E-state index contributed by atoms with van der Waals surface area (Å²) in [6.45, 7) is 1.34. The molecule has 0 aliphatic rings. The summed E-state index contributed by atoms with van der Waals surface area (Å²) in [5.41, 5.74) is 0. The van der Waals surface area contributed by atoms with Crippen LogP contribution < -0.4 is 0 Å². The number of nitrogens with zero attached hydrogens (tertiary/aromatic N) is 1. The highest BCUT2D eigenvalue weighted by atomic mass is 35.5. The lowest BCUT2D eigenvalue weighted by Crippen LogP contribution is -2.34. The van der Waals surface area contributed by atoms with Crippen LogP contribution in [0.15, 0.2) is 0 Å². The van der Waals surface area contributed by atoms with Crippen molar-refractivity contribution in [1.82, 2.24) is 4.90 Å². The number of amidine groups is 1. The Morgan fingerprint density at radius 3 is 1.56 bits per heavy atom. The van der Waals surface area contributed by atoms with E-state index >= 15 is 0 Å². The molecule has 0 heterocycles. The van der Waals surface area contributed by atoms with E-state index in [2.05, 4.69) is 0 Å². The molecule has 3 N–H and O–H groups in total. The van der Waals surface area contributed by atoms with Gasteiger partial charge in [-0.05, 0) is 0 Å². The molecule has 106 valence electrons. The molecule has 0 aliphatic heterocycles. The number of alkyl halides is 3. The summed E-state index contributed by atoms with van der Waals surface area (Å²) >= 11 is 16.6. The molecular weight excluding hydrogens is 306 g/mol. The van der Waals surface area contributed by atoms with Crippen LogP contribution in [0.25, 0.3) is 0 Å². The van der Waals surface area contributed by atoms with E-state index in [1.807, 2.05) is 4.90 Å². The quantitative estimate of drug-likeness (QED) is 0.298. The number of hydrogen-bond acceptors (Lipinski definition) is 3. The highest BCUT2D eigenvalue weighted by Gasteiger charge is 2.06. The minimum Gasteiger partial charge on any atom is -0.473 e. The summed E-state index contributed by atoms with van der Waals surface area (Å²) in [4.78, 5) is 20.0. The van der Waals surface area contributed by atoms with Gasteiger partial charge in [0.1, 0.15) is 0 Å². The van der Waals surface area contributed by atoms with E-state index in [-0.39, 0.29) is 0 Å². The zero-order valence-corrected chi connectivity index (χ0v) is 11.8. The van der Waals surface area contributed by atoms with Gasteiger partial charge >= 0.3 is 11.9 Å². The van der Waals surface area contributed by atoms with Gasteiger partial charge in [-0.3, -0.25) is 5.41 Å². The number of carboxylic acids is 2. The van der Waals surface area contributed by atoms with Crippen LogP contribution in [0, 0.1) is 5.41 Å². The van der Waals surface area contributed by atoms with Gasteiger partial charge in [-0.25, -0.2) is 9.59 Å². The summed E-state index contributed by atoms with van der Waals surface area (Å²) in [6.07, 6.45) is 0.579. The fourth-order valence-electron chi connectivity index (χ4n) is 0.833. The molecule has 0 aromatic carbocycles. The third-order valence-electron chi connectivity index (χ3n) is 1.60. The normalized spacial score (nSPS) is 9.06. The first-order valence-corrected chi connectivity index (χ1v) is 6.47. The maximum Gasteiger partial charge on any atom is 0.414 e. The molecular formula is C9H15Cl3N2O4. The van der Waals surface area contributed by atoms with Crippen LogP contribution in [-0.2, 0) is 9.59 Å². The Morgan fingerprint density at radius 2 is 1.33 bits per heavy atom. The van der Waals surface area contributed by atoms with E-state index in [9.17, 15) is 0 Å². The summed E-state index contributed by atoms with van der Waals surface area (Å²) in [5.74, 6) is -1.63. The number of hydrogen-bond donors (Lipinski definition) is 3. The van der Waals surface area contributed by atoms with E-state index in [0.29, 0.717) is 43.0 Å². The molecule has 0 radical (unpaired) electrons. The average molecular weight is 322 g/mol. The summed E-state index contributed by atoms with van der Waals surface area (Å²) in [6, 6.07) is 0. The van der Waals surface area contributed by atoms with Crippen LogP contribution in [0.1, 0.15) is 6.42 Å². The van der Waals surface area contributed by atoms with Crippen molar-refractivity contribution in [2.45, 2.75) is 6.42 Å². The minimum atomic E-state index is -1.82. The van der Waals surface area contributed by atoms with Crippen molar-refractivity contribution in [3.05, 3.63) is 0 Å².